The van der Waals surface area contributed by atoms with E-state index in [9.17, 15) is 9.59 Å². The van der Waals surface area contributed by atoms with Gasteiger partial charge in [-0.25, -0.2) is 0 Å². The molecule has 1 amide bonds. The number of benzene rings is 1. The van der Waals surface area contributed by atoms with Gasteiger partial charge in [0.1, 0.15) is 6.54 Å². The molecule has 0 aliphatic rings. The molecule has 17 heavy (non-hydrogen) atoms. The van der Waals surface area contributed by atoms with Crippen molar-refractivity contribution in [3.63, 3.8) is 0 Å². The Morgan fingerprint density at radius 2 is 2.12 bits per heavy atom. The highest BCUT2D eigenvalue weighted by Crippen LogP contribution is 2.08. The van der Waals surface area contributed by atoms with Gasteiger partial charge < -0.3 is 15.7 Å². The predicted molar refractivity (Wildman–Crippen MR) is 64.4 cm³/mol. The van der Waals surface area contributed by atoms with E-state index in [1.165, 1.54) is 4.90 Å². The Kier molecular flexibility index (Phi) is 4.51. The van der Waals surface area contributed by atoms with E-state index in [2.05, 4.69) is 0 Å². The van der Waals surface area contributed by atoms with Crippen LogP contribution < -0.4 is 5.73 Å². The smallest absolute Gasteiger partial charge is 0.323 e. The van der Waals surface area contributed by atoms with Gasteiger partial charge in [0.05, 0.1) is 6.42 Å². The van der Waals surface area contributed by atoms with Crippen molar-refractivity contribution < 1.29 is 14.7 Å². The molecule has 0 spiro atoms. The highest BCUT2D eigenvalue weighted by Gasteiger charge is 2.15. The summed E-state index contributed by atoms with van der Waals surface area (Å²) in [6.07, 6.45) is 0.173. The third-order valence-corrected chi connectivity index (χ3v) is 2.37. The largest absolute Gasteiger partial charge is 0.480 e. The Morgan fingerprint density at radius 3 is 2.65 bits per heavy atom. The number of anilines is 1. The topological polar surface area (TPSA) is 83.6 Å². The van der Waals surface area contributed by atoms with Crippen LogP contribution in [-0.4, -0.2) is 35.0 Å². The molecule has 3 N–H and O–H groups in total. The standard InChI is InChI=1S/C12H16N2O3/c1-2-14(8-12(16)17)11(15)7-9-4-3-5-10(13)6-9/h3-6H,2,7-8,13H2,1H3,(H,16,17). The Hall–Kier alpha value is -2.04. The molecule has 5 nitrogen and oxygen atoms in total. The molecule has 5 heteroatoms. The molecule has 0 atom stereocenters. The van der Waals surface area contributed by atoms with Crippen LogP contribution in [-0.2, 0) is 16.0 Å². The molecule has 0 heterocycles. The second-order valence-corrected chi connectivity index (χ2v) is 3.72. The minimum Gasteiger partial charge on any atom is -0.480 e. The summed E-state index contributed by atoms with van der Waals surface area (Å²) in [6, 6.07) is 7.02. The van der Waals surface area contributed by atoms with E-state index in [0.717, 1.165) is 5.56 Å². The van der Waals surface area contributed by atoms with Crippen molar-refractivity contribution in [3.05, 3.63) is 29.8 Å². The summed E-state index contributed by atoms with van der Waals surface area (Å²) in [5.41, 5.74) is 6.99. The molecule has 1 aromatic carbocycles. The first-order chi connectivity index (χ1) is 8.02. The third kappa shape index (κ3) is 4.14. The second kappa shape index (κ2) is 5.89. The lowest BCUT2D eigenvalue weighted by Crippen LogP contribution is -2.36. The first-order valence-electron chi connectivity index (χ1n) is 5.37. The Bertz CT molecular complexity index is 418. The van der Waals surface area contributed by atoms with Gasteiger partial charge in [-0.15, -0.1) is 0 Å². The Labute approximate surface area is 99.8 Å². The van der Waals surface area contributed by atoms with Crippen LogP contribution >= 0.6 is 0 Å². The van der Waals surface area contributed by atoms with E-state index in [1.54, 1.807) is 31.2 Å². The molecule has 0 radical (unpaired) electrons. The van der Waals surface area contributed by atoms with Gasteiger partial charge in [-0.1, -0.05) is 12.1 Å². The zero-order valence-electron chi connectivity index (χ0n) is 9.72. The number of nitrogen functional groups attached to an aromatic ring is 1. The van der Waals surface area contributed by atoms with Crippen molar-refractivity contribution in [2.75, 3.05) is 18.8 Å². The molecule has 0 bridgehead atoms. The second-order valence-electron chi connectivity index (χ2n) is 3.72. The number of rotatable bonds is 5. The van der Waals surface area contributed by atoms with Gasteiger partial charge in [0.2, 0.25) is 5.91 Å². The van der Waals surface area contributed by atoms with Crippen molar-refractivity contribution >= 4 is 17.6 Å². The monoisotopic (exact) mass is 236 g/mol. The van der Waals surface area contributed by atoms with Crippen molar-refractivity contribution in [1.29, 1.82) is 0 Å². The van der Waals surface area contributed by atoms with Crippen molar-refractivity contribution in [1.82, 2.24) is 4.90 Å². The minimum atomic E-state index is -1.01. The van der Waals surface area contributed by atoms with Crippen LogP contribution in [0.25, 0.3) is 0 Å². The van der Waals surface area contributed by atoms with Crippen LogP contribution in [0.1, 0.15) is 12.5 Å². The van der Waals surface area contributed by atoms with Gasteiger partial charge in [-0.05, 0) is 24.6 Å². The van der Waals surface area contributed by atoms with Gasteiger partial charge in [-0.2, -0.15) is 0 Å². The number of carbonyl (C=O) groups excluding carboxylic acids is 1. The van der Waals surface area contributed by atoms with Crippen molar-refractivity contribution in [2.24, 2.45) is 0 Å². The summed E-state index contributed by atoms with van der Waals surface area (Å²) in [7, 11) is 0. The van der Waals surface area contributed by atoms with E-state index in [0.29, 0.717) is 12.2 Å². The van der Waals surface area contributed by atoms with Gasteiger partial charge in [0, 0.05) is 12.2 Å². The van der Waals surface area contributed by atoms with E-state index in [1.807, 2.05) is 0 Å². The summed E-state index contributed by atoms with van der Waals surface area (Å²) < 4.78 is 0. The number of carboxylic acids is 1. The van der Waals surface area contributed by atoms with Crippen molar-refractivity contribution in [2.45, 2.75) is 13.3 Å². The number of aliphatic carboxylic acids is 1. The van der Waals surface area contributed by atoms with Crippen LogP contribution in [0.2, 0.25) is 0 Å². The summed E-state index contributed by atoms with van der Waals surface area (Å²) >= 11 is 0. The lowest BCUT2D eigenvalue weighted by molar-refractivity contribution is -0.144. The number of carboxylic acid groups (broad SMARTS) is 1. The fourth-order valence-corrected chi connectivity index (χ4v) is 1.53. The Morgan fingerprint density at radius 1 is 1.41 bits per heavy atom. The summed E-state index contributed by atoms with van der Waals surface area (Å²) in [5, 5.41) is 8.66. The predicted octanol–water partition coefficient (Wildman–Crippen LogP) is 0.744. The normalized spacial score (nSPS) is 9.94. The molecular formula is C12H16N2O3. The highest BCUT2D eigenvalue weighted by molar-refractivity contribution is 5.83. The van der Waals surface area contributed by atoms with Gasteiger partial charge >= 0.3 is 5.97 Å². The van der Waals surface area contributed by atoms with Crippen LogP contribution in [0.3, 0.4) is 0 Å². The van der Waals surface area contributed by atoms with Gasteiger partial charge in [0.25, 0.3) is 0 Å². The molecule has 0 unspecified atom stereocenters. The average Bonchev–Trinajstić information content (AvgIpc) is 2.25. The summed E-state index contributed by atoms with van der Waals surface area (Å²) in [6.45, 7) is 1.87. The van der Waals surface area contributed by atoms with E-state index in [-0.39, 0.29) is 18.9 Å². The minimum absolute atomic E-state index is 0.173. The van der Waals surface area contributed by atoms with Crippen LogP contribution in [0.5, 0.6) is 0 Å². The maximum Gasteiger partial charge on any atom is 0.323 e. The maximum atomic E-state index is 11.8. The lowest BCUT2D eigenvalue weighted by atomic mass is 10.1. The summed E-state index contributed by atoms with van der Waals surface area (Å²) in [5.74, 6) is -1.21. The van der Waals surface area contributed by atoms with Crippen LogP contribution in [0.15, 0.2) is 24.3 Å². The highest BCUT2D eigenvalue weighted by atomic mass is 16.4. The number of likely N-dealkylation sites (N-methyl/N-ethyl adjacent to an activating group) is 1. The number of hydrogen-bond donors (Lipinski definition) is 2. The fourth-order valence-electron chi connectivity index (χ4n) is 1.53. The molecule has 0 aliphatic carbocycles. The van der Waals surface area contributed by atoms with Crippen LogP contribution in [0, 0.1) is 0 Å². The molecule has 1 aromatic rings. The zero-order valence-corrected chi connectivity index (χ0v) is 9.72. The summed E-state index contributed by atoms with van der Waals surface area (Å²) in [4.78, 5) is 23.7. The first-order valence-corrected chi connectivity index (χ1v) is 5.37. The fraction of sp³-hybridized carbons (Fsp3) is 0.333. The molecule has 0 aliphatic heterocycles. The van der Waals surface area contributed by atoms with E-state index >= 15 is 0 Å². The van der Waals surface area contributed by atoms with Gasteiger partial charge in [-0.3, -0.25) is 9.59 Å². The number of nitrogens with zero attached hydrogens (tertiary/aromatic N) is 1. The number of hydrogen-bond acceptors (Lipinski definition) is 3. The Balaban J connectivity index is 2.67. The van der Waals surface area contributed by atoms with E-state index < -0.39 is 5.97 Å². The first kappa shape index (κ1) is 13.0. The quantitative estimate of drug-likeness (QED) is 0.739. The molecule has 0 fully saturated rings. The van der Waals surface area contributed by atoms with Crippen LogP contribution in [0.4, 0.5) is 5.69 Å². The maximum absolute atomic E-state index is 11.8. The molecule has 0 saturated heterocycles. The molecule has 0 saturated carbocycles. The van der Waals surface area contributed by atoms with Gasteiger partial charge in [0.15, 0.2) is 0 Å². The molecule has 92 valence electrons. The number of amides is 1. The molecular weight excluding hydrogens is 220 g/mol. The zero-order chi connectivity index (χ0) is 12.8. The average molecular weight is 236 g/mol. The number of nitrogens with two attached hydrogens (primary N) is 1. The third-order valence-electron chi connectivity index (χ3n) is 2.37. The molecule has 1 rings (SSSR count). The SMILES string of the molecule is CCN(CC(=O)O)C(=O)Cc1cccc(N)c1. The van der Waals surface area contributed by atoms with E-state index in [4.69, 9.17) is 10.8 Å². The van der Waals surface area contributed by atoms with Crippen molar-refractivity contribution in [3.8, 4) is 0 Å². The lowest BCUT2D eigenvalue weighted by Gasteiger charge is -2.18. The molecule has 0 aromatic heterocycles. The number of carbonyl (C=O) groups is 2.